The Morgan fingerprint density at radius 2 is 2.10 bits per heavy atom. The van der Waals surface area contributed by atoms with Gasteiger partial charge < -0.3 is 9.88 Å². The number of nitrogens with zero attached hydrogens (tertiary/aromatic N) is 4. The molecule has 2 heterocycles. The maximum atomic E-state index is 6.30. The molecule has 2 aromatic heterocycles. The van der Waals surface area contributed by atoms with Crippen molar-refractivity contribution in [1.82, 2.24) is 19.5 Å². The highest BCUT2D eigenvalue weighted by atomic mass is 35.5. The maximum Gasteiger partial charge on any atom is 0.223 e. The summed E-state index contributed by atoms with van der Waals surface area (Å²) in [6, 6.07) is 5.31. The zero-order valence-corrected chi connectivity index (χ0v) is 12.6. The van der Waals surface area contributed by atoms with Gasteiger partial charge in [0.15, 0.2) is 0 Å². The lowest BCUT2D eigenvalue weighted by Gasteiger charge is -2.12. The first-order valence-electron chi connectivity index (χ1n) is 6.17. The van der Waals surface area contributed by atoms with E-state index in [0.717, 1.165) is 11.3 Å². The summed E-state index contributed by atoms with van der Waals surface area (Å²) in [5.41, 5.74) is 2.27. The summed E-state index contributed by atoms with van der Waals surface area (Å²) in [6.07, 6.45) is 6.93. The first-order chi connectivity index (χ1) is 10.2. The van der Waals surface area contributed by atoms with Gasteiger partial charge in [0.25, 0.3) is 0 Å². The highest BCUT2D eigenvalue weighted by Crippen LogP contribution is 2.33. The van der Waals surface area contributed by atoms with Gasteiger partial charge in [-0.15, -0.1) is 0 Å². The molecule has 0 aliphatic rings. The fourth-order valence-electron chi connectivity index (χ4n) is 1.97. The van der Waals surface area contributed by atoms with E-state index in [0.29, 0.717) is 21.7 Å². The van der Waals surface area contributed by atoms with E-state index in [2.05, 4.69) is 20.3 Å². The molecule has 0 radical (unpaired) electrons. The maximum absolute atomic E-state index is 6.30. The molecule has 0 unspecified atom stereocenters. The molecule has 0 aliphatic heterocycles. The van der Waals surface area contributed by atoms with Gasteiger partial charge in [0, 0.05) is 30.0 Å². The highest BCUT2D eigenvalue weighted by molar-refractivity contribution is 6.36. The number of imidazole rings is 1. The fraction of sp³-hybridized carbons (Fsp3) is 0.0714. The van der Waals surface area contributed by atoms with Crippen LogP contribution in [0.3, 0.4) is 0 Å². The van der Waals surface area contributed by atoms with Gasteiger partial charge in [-0.2, -0.15) is 0 Å². The summed E-state index contributed by atoms with van der Waals surface area (Å²) >= 11 is 12.3. The van der Waals surface area contributed by atoms with Crippen LogP contribution in [0, 0.1) is 0 Å². The smallest absolute Gasteiger partial charge is 0.223 e. The lowest BCUT2D eigenvalue weighted by atomic mass is 10.1. The largest absolute Gasteiger partial charge is 0.357 e. The molecular weight excluding hydrogens is 309 g/mol. The summed E-state index contributed by atoms with van der Waals surface area (Å²) in [6.45, 7) is 0. The van der Waals surface area contributed by atoms with Crippen LogP contribution in [-0.2, 0) is 0 Å². The molecular formula is C14H11Cl2N5. The molecule has 0 bridgehead atoms. The molecule has 0 atom stereocenters. The van der Waals surface area contributed by atoms with Crippen LogP contribution >= 0.6 is 23.2 Å². The van der Waals surface area contributed by atoms with Crippen LogP contribution in [0.2, 0.25) is 10.0 Å². The van der Waals surface area contributed by atoms with Crippen LogP contribution in [0.15, 0.2) is 43.1 Å². The molecule has 106 valence electrons. The van der Waals surface area contributed by atoms with Crippen molar-refractivity contribution in [3.05, 3.63) is 53.2 Å². The van der Waals surface area contributed by atoms with Crippen LogP contribution in [0.1, 0.15) is 0 Å². The summed E-state index contributed by atoms with van der Waals surface area (Å²) in [7, 11) is 1.76. The number of anilines is 1. The number of rotatable bonds is 3. The van der Waals surface area contributed by atoms with Gasteiger partial charge in [0.1, 0.15) is 5.69 Å². The normalized spacial score (nSPS) is 10.6. The molecule has 0 aliphatic carbocycles. The third kappa shape index (κ3) is 2.70. The monoisotopic (exact) mass is 319 g/mol. The standard InChI is InChI=1S/C14H11Cl2N5/c1-17-14-19-7-12(21-5-4-18-8-21)13(20-14)10-3-2-9(15)6-11(10)16/h2-8H,1H3,(H,17,19,20). The van der Waals surface area contributed by atoms with E-state index in [4.69, 9.17) is 23.2 Å². The molecule has 0 fully saturated rings. The molecule has 1 aromatic carbocycles. The van der Waals surface area contributed by atoms with Crippen molar-refractivity contribution >= 4 is 29.2 Å². The number of nitrogens with one attached hydrogen (secondary N) is 1. The molecule has 3 aromatic rings. The zero-order chi connectivity index (χ0) is 14.8. The molecule has 1 N–H and O–H groups in total. The third-order valence-corrected chi connectivity index (χ3v) is 3.51. The Hall–Kier alpha value is -2.11. The van der Waals surface area contributed by atoms with Gasteiger partial charge >= 0.3 is 0 Å². The molecule has 0 spiro atoms. The van der Waals surface area contributed by atoms with Gasteiger partial charge in [-0.3, -0.25) is 0 Å². The van der Waals surface area contributed by atoms with Gasteiger partial charge in [0.2, 0.25) is 5.95 Å². The number of hydrogen-bond acceptors (Lipinski definition) is 4. The molecule has 0 amide bonds. The summed E-state index contributed by atoms with van der Waals surface area (Å²) in [5.74, 6) is 0.514. The molecule has 0 saturated heterocycles. The van der Waals surface area contributed by atoms with Gasteiger partial charge in [0.05, 0.1) is 23.2 Å². The SMILES string of the molecule is CNc1ncc(-n2ccnc2)c(-c2ccc(Cl)cc2Cl)n1. The average Bonchev–Trinajstić information content (AvgIpc) is 3.01. The fourth-order valence-corrected chi connectivity index (χ4v) is 2.46. The van der Waals surface area contributed by atoms with E-state index in [1.165, 1.54) is 0 Å². The Bertz CT molecular complexity index is 771. The van der Waals surface area contributed by atoms with E-state index < -0.39 is 0 Å². The van der Waals surface area contributed by atoms with Gasteiger partial charge in [-0.25, -0.2) is 15.0 Å². The lowest BCUT2D eigenvalue weighted by Crippen LogP contribution is -2.03. The van der Waals surface area contributed by atoms with Crippen molar-refractivity contribution < 1.29 is 0 Å². The zero-order valence-electron chi connectivity index (χ0n) is 11.1. The lowest BCUT2D eigenvalue weighted by molar-refractivity contribution is 1.01. The molecule has 21 heavy (non-hydrogen) atoms. The van der Waals surface area contributed by atoms with Crippen LogP contribution in [0.4, 0.5) is 5.95 Å². The molecule has 3 rings (SSSR count). The predicted octanol–water partition coefficient (Wildman–Crippen LogP) is 3.68. The topological polar surface area (TPSA) is 55.6 Å². The van der Waals surface area contributed by atoms with E-state index >= 15 is 0 Å². The van der Waals surface area contributed by atoms with Crippen LogP contribution in [0.25, 0.3) is 16.9 Å². The molecule has 5 nitrogen and oxygen atoms in total. The Morgan fingerprint density at radius 3 is 2.76 bits per heavy atom. The van der Waals surface area contributed by atoms with Crippen LogP contribution in [-0.4, -0.2) is 26.6 Å². The van der Waals surface area contributed by atoms with Gasteiger partial charge in [-0.05, 0) is 18.2 Å². The number of halogens is 2. The van der Waals surface area contributed by atoms with Gasteiger partial charge in [-0.1, -0.05) is 23.2 Å². The second-order valence-electron chi connectivity index (χ2n) is 4.27. The summed E-state index contributed by atoms with van der Waals surface area (Å²) in [4.78, 5) is 12.8. The third-order valence-electron chi connectivity index (χ3n) is 2.96. The van der Waals surface area contributed by atoms with Crippen molar-refractivity contribution in [3.8, 4) is 16.9 Å². The van der Waals surface area contributed by atoms with Crippen molar-refractivity contribution in [1.29, 1.82) is 0 Å². The Morgan fingerprint density at radius 1 is 1.24 bits per heavy atom. The number of benzene rings is 1. The minimum Gasteiger partial charge on any atom is -0.357 e. The molecule has 7 heteroatoms. The quantitative estimate of drug-likeness (QED) is 0.800. The summed E-state index contributed by atoms with van der Waals surface area (Å²) in [5, 5.41) is 4.04. The highest BCUT2D eigenvalue weighted by Gasteiger charge is 2.14. The summed E-state index contributed by atoms with van der Waals surface area (Å²) < 4.78 is 1.83. The minimum absolute atomic E-state index is 0.514. The Labute approximate surface area is 131 Å². The molecule has 0 saturated carbocycles. The van der Waals surface area contributed by atoms with Crippen molar-refractivity contribution in [2.24, 2.45) is 0 Å². The average molecular weight is 320 g/mol. The minimum atomic E-state index is 0.514. The second kappa shape index (κ2) is 5.71. The van der Waals surface area contributed by atoms with Crippen LogP contribution in [0.5, 0.6) is 0 Å². The van der Waals surface area contributed by atoms with E-state index in [9.17, 15) is 0 Å². The van der Waals surface area contributed by atoms with Crippen LogP contribution < -0.4 is 5.32 Å². The second-order valence-corrected chi connectivity index (χ2v) is 5.12. The Kier molecular flexibility index (Phi) is 3.77. The number of aromatic nitrogens is 4. The first-order valence-corrected chi connectivity index (χ1v) is 6.93. The first kappa shape index (κ1) is 13.9. The van der Waals surface area contributed by atoms with Crippen molar-refractivity contribution in [2.45, 2.75) is 0 Å². The van der Waals surface area contributed by atoms with E-state index in [-0.39, 0.29) is 0 Å². The Balaban J connectivity index is 2.23. The van der Waals surface area contributed by atoms with E-state index in [1.54, 1.807) is 37.9 Å². The van der Waals surface area contributed by atoms with E-state index in [1.807, 2.05) is 16.8 Å². The van der Waals surface area contributed by atoms with Crippen molar-refractivity contribution in [2.75, 3.05) is 12.4 Å². The predicted molar refractivity (Wildman–Crippen MR) is 84.2 cm³/mol. The number of hydrogen-bond donors (Lipinski definition) is 1. The van der Waals surface area contributed by atoms with Crippen molar-refractivity contribution in [3.63, 3.8) is 0 Å².